The standard InChI is InChI=1S/C14H14BrN3O3/c1-9-6-11(15)12(7-13(9)18(19)20)16-8-10-4-3-5-14(17-10)21-2/h3-7,16H,8H2,1-2H3. The highest BCUT2D eigenvalue weighted by Crippen LogP contribution is 2.30. The van der Waals surface area contributed by atoms with Crippen LogP contribution in [0.25, 0.3) is 0 Å². The normalized spacial score (nSPS) is 10.2. The fourth-order valence-electron chi connectivity index (χ4n) is 1.85. The van der Waals surface area contributed by atoms with E-state index in [0.29, 0.717) is 23.7 Å². The predicted octanol–water partition coefficient (Wildman–Crippen LogP) is 3.68. The van der Waals surface area contributed by atoms with Crippen LogP contribution in [0.5, 0.6) is 5.88 Å². The van der Waals surface area contributed by atoms with Gasteiger partial charge in [-0.2, -0.15) is 0 Å². The second-order valence-electron chi connectivity index (χ2n) is 4.40. The number of aromatic nitrogens is 1. The zero-order valence-electron chi connectivity index (χ0n) is 11.6. The monoisotopic (exact) mass is 351 g/mol. The number of aryl methyl sites for hydroxylation is 1. The number of hydrogen-bond donors (Lipinski definition) is 1. The average Bonchev–Trinajstić information content (AvgIpc) is 2.46. The van der Waals surface area contributed by atoms with Gasteiger partial charge in [0.2, 0.25) is 5.88 Å². The molecule has 0 atom stereocenters. The third-order valence-electron chi connectivity index (χ3n) is 2.93. The fraction of sp³-hybridized carbons (Fsp3) is 0.214. The summed E-state index contributed by atoms with van der Waals surface area (Å²) in [4.78, 5) is 14.9. The lowest BCUT2D eigenvalue weighted by Gasteiger charge is -2.10. The lowest BCUT2D eigenvalue weighted by Crippen LogP contribution is -2.04. The minimum atomic E-state index is -0.392. The quantitative estimate of drug-likeness (QED) is 0.656. The Morgan fingerprint density at radius 1 is 1.43 bits per heavy atom. The van der Waals surface area contributed by atoms with E-state index in [1.165, 1.54) is 6.07 Å². The summed E-state index contributed by atoms with van der Waals surface area (Å²) < 4.78 is 5.83. The minimum absolute atomic E-state index is 0.0827. The molecule has 7 heteroatoms. The molecule has 0 radical (unpaired) electrons. The van der Waals surface area contributed by atoms with E-state index in [0.717, 1.165) is 10.2 Å². The van der Waals surface area contributed by atoms with Crippen LogP contribution in [0.15, 0.2) is 34.8 Å². The Balaban J connectivity index is 2.19. The van der Waals surface area contributed by atoms with Gasteiger partial charge in [0.05, 0.1) is 30.0 Å². The van der Waals surface area contributed by atoms with Crippen molar-refractivity contribution in [3.63, 3.8) is 0 Å². The summed E-state index contributed by atoms with van der Waals surface area (Å²) >= 11 is 3.40. The molecular formula is C14H14BrN3O3. The Hall–Kier alpha value is -2.15. The van der Waals surface area contributed by atoms with Crippen molar-refractivity contribution >= 4 is 27.3 Å². The molecule has 0 bridgehead atoms. The van der Waals surface area contributed by atoms with E-state index in [4.69, 9.17) is 4.74 Å². The molecule has 0 saturated heterocycles. The molecule has 0 fully saturated rings. The van der Waals surface area contributed by atoms with Gasteiger partial charge < -0.3 is 10.1 Å². The van der Waals surface area contributed by atoms with Crippen molar-refractivity contribution in [1.29, 1.82) is 0 Å². The maximum Gasteiger partial charge on any atom is 0.274 e. The van der Waals surface area contributed by atoms with Gasteiger partial charge in [0.25, 0.3) is 5.69 Å². The van der Waals surface area contributed by atoms with Crippen LogP contribution in [0.2, 0.25) is 0 Å². The number of benzene rings is 1. The molecule has 1 aromatic heterocycles. The Morgan fingerprint density at radius 2 is 2.19 bits per heavy atom. The fourth-order valence-corrected chi connectivity index (χ4v) is 2.45. The summed E-state index contributed by atoms with van der Waals surface area (Å²) in [6.45, 7) is 2.15. The molecule has 0 aliphatic carbocycles. The molecule has 0 unspecified atom stereocenters. The van der Waals surface area contributed by atoms with E-state index < -0.39 is 4.92 Å². The molecule has 0 amide bonds. The van der Waals surface area contributed by atoms with Gasteiger partial charge >= 0.3 is 0 Å². The Labute approximate surface area is 130 Å². The highest BCUT2D eigenvalue weighted by Gasteiger charge is 2.14. The molecule has 1 aromatic carbocycles. The number of anilines is 1. The molecule has 6 nitrogen and oxygen atoms in total. The van der Waals surface area contributed by atoms with Gasteiger partial charge in [-0.3, -0.25) is 10.1 Å². The number of halogens is 1. The lowest BCUT2D eigenvalue weighted by molar-refractivity contribution is -0.385. The molecule has 2 aromatic rings. The van der Waals surface area contributed by atoms with Crippen LogP contribution in [0.3, 0.4) is 0 Å². The number of nitrogens with one attached hydrogen (secondary N) is 1. The van der Waals surface area contributed by atoms with Crippen LogP contribution in [-0.4, -0.2) is 17.0 Å². The molecule has 2 rings (SSSR count). The molecule has 1 heterocycles. The number of nitro benzene ring substituents is 1. The van der Waals surface area contributed by atoms with E-state index >= 15 is 0 Å². The Bertz CT molecular complexity index is 677. The molecule has 110 valence electrons. The number of methoxy groups -OCH3 is 1. The van der Waals surface area contributed by atoms with Gasteiger partial charge in [0.15, 0.2) is 0 Å². The molecule has 0 aliphatic heterocycles. The molecular weight excluding hydrogens is 338 g/mol. The van der Waals surface area contributed by atoms with E-state index in [-0.39, 0.29) is 5.69 Å². The Kier molecular flexibility index (Phi) is 4.74. The van der Waals surface area contributed by atoms with Crippen LogP contribution in [-0.2, 0) is 6.54 Å². The second kappa shape index (κ2) is 6.53. The SMILES string of the molecule is COc1cccc(CNc2cc([N+](=O)[O-])c(C)cc2Br)n1. The lowest BCUT2D eigenvalue weighted by atomic mass is 10.2. The van der Waals surface area contributed by atoms with Gasteiger partial charge in [-0.15, -0.1) is 0 Å². The minimum Gasteiger partial charge on any atom is -0.481 e. The maximum absolute atomic E-state index is 11.0. The zero-order valence-corrected chi connectivity index (χ0v) is 13.2. The Morgan fingerprint density at radius 3 is 2.86 bits per heavy atom. The van der Waals surface area contributed by atoms with Crippen molar-refractivity contribution in [2.45, 2.75) is 13.5 Å². The number of nitro groups is 1. The maximum atomic E-state index is 11.0. The van der Waals surface area contributed by atoms with Crippen molar-refractivity contribution in [3.8, 4) is 5.88 Å². The van der Waals surface area contributed by atoms with Crippen LogP contribution in [0.1, 0.15) is 11.3 Å². The van der Waals surface area contributed by atoms with Crippen molar-refractivity contribution in [2.24, 2.45) is 0 Å². The van der Waals surface area contributed by atoms with Crippen molar-refractivity contribution in [1.82, 2.24) is 4.98 Å². The summed E-state index contributed by atoms with van der Waals surface area (Å²) in [5.41, 5.74) is 2.12. The van der Waals surface area contributed by atoms with Crippen molar-refractivity contribution in [2.75, 3.05) is 12.4 Å². The molecule has 0 saturated carbocycles. The van der Waals surface area contributed by atoms with Gasteiger partial charge in [0.1, 0.15) is 0 Å². The topological polar surface area (TPSA) is 77.3 Å². The zero-order chi connectivity index (χ0) is 15.4. The third-order valence-corrected chi connectivity index (χ3v) is 3.59. The van der Waals surface area contributed by atoms with Crippen molar-refractivity contribution < 1.29 is 9.66 Å². The van der Waals surface area contributed by atoms with Crippen LogP contribution in [0, 0.1) is 17.0 Å². The summed E-state index contributed by atoms with van der Waals surface area (Å²) in [5.74, 6) is 0.531. The van der Waals surface area contributed by atoms with Gasteiger partial charge in [-0.25, -0.2) is 4.98 Å². The highest BCUT2D eigenvalue weighted by atomic mass is 79.9. The number of nitrogens with zero attached hydrogens (tertiary/aromatic N) is 2. The number of hydrogen-bond acceptors (Lipinski definition) is 5. The van der Waals surface area contributed by atoms with Crippen LogP contribution in [0.4, 0.5) is 11.4 Å². The van der Waals surface area contributed by atoms with Crippen molar-refractivity contribution in [3.05, 3.63) is 56.2 Å². The van der Waals surface area contributed by atoms with Crippen LogP contribution < -0.4 is 10.1 Å². The first-order valence-corrected chi connectivity index (χ1v) is 6.99. The molecule has 0 spiro atoms. The number of rotatable bonds is 5. The van der Waals surface area contributed by atoms with E-state index in [1.807, 2.05) is 12.1 Å². The highest BCUT2D eigenvalue weighted by molar-refractivity contribution is 9.10. The molecule has 21 heavy (non-hydrogen) atoms. The molecule has 1 N–H and O–H groups in total. The number of pyridine rings is 1. The molecule has 0 aliphatic rings. The first-order valence-electron chi connectivity index (χ1n) is 6.19. The smallest absolute Gasteiger partial charge is 0.274 e. The van der Waals surface area contributed by atoms with E-state index in [2.05, 4.69) is 26.2 Å². The first-order chi connectivity index (χ1) is 10.0. The van der Waals surface area contributed by atoms with Gasteiger partial charge in [0, 0.05) is 22.2 Å². The summed E-state index contributed by atoms with van der Waals surface area (Å²) in [7, 11) is 1.56. The van der Waals surface area contributed by atoms with Gasteiger partial charge in [-0.05, 0) is 35.0 Å². The average molecular weight is 352 g/mol. The summed E-state index contributed by atoms with van der Waals surface area (Å²) in [6.07, 6.45) is 0. The summed E-state index contributed by atoms with van der Waals surface area (Å²) in [5, 5.41) is 14.1. The largest absolute Gasteiger partial charge is 0.481 e. The summed E-state index contributed by atoms with van der Waals surface area (Å²) in [6, 6.07) is 8.69. The third kappa shape index (κ3) is 3.69. The number of ether oxygens (including phenoxy) is 1. The second-order valence-corrected chi connectivity index (χ2v) is 5.25. The van der Waals surface area contributed by atoms with Gasteiger partial charge in [-0.1, -0.05) is 6.07 Å². The van der Waals surface area contributed by atoms with E-state index in [9.17, 15) is 10.1 Å². The first kappa shape index (κ1) is 15.2. The predicted molar refractivity (Wildman–Crippen MR) is 83.6 cm³/mol. The van der Waals surface area contributed by atoms with Crippen LogP contribution >= 0.6 is 15.9 Å². The van der Waals surface area contributed by atoms with E-state index in [1.54, 1.807) is 26.2 Å².